The van der Waals surface area contributed by atoms with Gasteiger partial charge in [-0.15, -0.1) is 0 Å². The summed E-state index contributed by atoms with van der Waals surface area (Å²) in [5.41, 5.74) is 0. The Bertz CT molecular complexity index is 1230. The van der Waals surface area contributed by atoms with E-state index in [1.807, 2.05) is 6.08 Å². The van der Waals surface area contributed by atoms with Crippen LogP contribution >= 0.6 is 0 Å². The lowest BCUT2D eigenvalue weighted by Crippen LogP contribution is -2.61. The van der Waals surface area contributed by atoms with Gasteiger partial charge in [0, 0.05) is 6.42 Å². The van der Waals surface area contributed by atoms with Crippen LogP contribution in [-0.2, 0) is 23.8 Å². The van der Waals surface area contributed by atoms with Gasteiger partial charge >= 0.3 is 5.97 Å². The van der Waals surface area contributed by atoms with Crippen LogP contribution in [0.2, 0.25) is 0 Å². The molecular weight excluding hydrogens is 883 g/mol. The predicted molar refractivity (Wildman–Crippen MR) is 288 cm³/mol. The second-order valence-corrected chi connectivity index (χ2v) is 20.7. The van der Waals surface area contributed by atoms with Crippen molar-refractivity contribution >= 4 is 11.9 Å². The zero-order valence-electron chi connectivity index (χ0n) is 45.4. The first-order chi connectivity index (χ1) is 34.2. The van der Waals surface area contributed by atoms with Crippen LogP contribution in [0, 0.1) is 0 Å². The van der Waals surface area contributed by atoms with Crippen molar-refractivity contribution < 1.29 is 49.3 Å². The molecule has 8 atom stereocenters. The van der Waals surface area contributed by atoms with E-state index in [2.05, 4.69) is 38.2 Å². The van der Waals surface area contributed by atoms with E-state index in [0.29, 0.717) is 19.3 Å². The number of ether oxygens (including phenoxy) is 3. The molecule has 1 aliphatic rings. The van der Waals surface area contributed by atoms with Gasteiger partial charge in [-0.2, -0.15) is 0 Å². The highest BCUT2D eigenvalue weighted by molar-refractivity contribution is 5.80. The van der Waals surface area contributed by atoms with Crippen molar-refractivity contribution in [3.05, 3.63) is 24.3 Å². The van der Waals surface area contributed by atoms with Gasteiger partial charge in [-0.3, -0.25) is 9.59 Å². The van der Waals surface area contributed by atoms with Gasteiger partial charge in [0.05, 0.1) is 25.4 Å². The summed E-state index contributed by atoms with van der Waals surface area (Å²) in [5, 5.41) is 56.8. The maximum absolute atomic E-state index is 13.4. The van der Waals surface area contributed by atoms with E-state index < -0.39 is 67.4 Å². The van der Waals surface area contributed by atoms with Crippen LogP contribution < -0.4 is 5.32 Å². The molecule has 11 nitrogen and oxygen atoms in total. The normalized spacial score (nSPS) is 19.8. The van der Waals surface area contributed by atoms with E-state index in [-0.39, 0.29) is 13.0 Å². The van der Waals surface area contributed by atoms with Gasteiger partial charge in [0.25, 0.3) is 0 Å². The molecule has 0 saturated carbocycles. The minimum absolute atomic E-state index is 0.122. The summed E-state index contributed by atoms with van der Waals surface area (Å²) in [6.07, 6.45) is 43.5. The van der Waals surface area contributed by atoms with Crippen LogP contribution in [0.3, 0.4) is 0 Å². The Kier molecular flexibility index (Phi) is 45.5. The first-order valence-electron chi connectivity index (χ1n) is 29.6. The zero-order chi connectivity index (χ0) is 51.1. The van der Waals surface area contributed by atoms with Crippen molar-refractivity contribution in [3.63, 3.8) is 0 Å². The molecule has 11 heteroatoms. The molecule has 1 aliphatic heterocycles. The summed E-state index contributed by atoms with van der Waals surface area (Å²) < 4.78 is 17.6. The van der Waals surface area contributed by atoms with Gasteiger partial charge < -0.3 is 45.1 Å². The van der Waals surface area contributed by atoms with Gasteiger partial charge in [0.15, 0.2) is 12.4 Å². The first-order valence-corrected chi connectivity index (χ1v) is 29.6. The molecule has 0 spiro atoms. The number of amides is 1. The topological polar surface area (TPSA) is 175 Å². The molecule has 1 fully saturated rings. The van der Waals surface area contributed by atoms with Crippen LogP contribution in [0.15, 0.2) is 24.3 Å². The fourth-order valence-electron chi connectivity index (χ4n) is 9.35. The second kappa shape index (κ2) is 48.1. The van der Waals surface area contributed by atoms with Gasteiger partial charge in [-0.1, -0.05) is 244 Å². The monoisotopic (exact) mass is 994 g/mol. The minimum atomic E-state index is -1.61. The van der Waals surface area contributed by atoms with Crippen molar-refractivity contribution in [3.8, 4) is 0 Å². The minimum Gasteiger partial charge on any atom is -0.454 e. The molecule has 70 heavy (non-hydrogen) atoms. The summed E-state index contributed by atoms with van der Waals surface area (Å²) in [6, 6.07) is -1.02. The summed E-state index contributed by atoms with van der Waals surface area (Å²) in [4.78, 5) is 26.5. The van der Waals surface area contributed by atoms with Gasteiger partial charge in [-0.05, 0) is 51.4 Å². The Labute approximate surface area is 429 Å². The average Bonchev–Trinajstić information content (AvgIpc) is 3.36. The molecule has 0 bridgehead atoms. The molecule has 1 amide bonds. The second-order valence-electron chi connectivity index (χ2n) is 20.7. The van der Waals surface area contributed by atoms with E-state index in [1.165, 1.54) is 161 Å². The highest BCUT2D eigenvalue weighted by Gasteiger charge is 2.47. The number of hydrogen-bond acceptors (Lipinski definition) is 10. The standard InChI is InChI=1S/C59H111NO10/c1-4-7-10-13-16-19-22-25-26-29-32-35-38-41-44-47-54(64)70-57-56(66)55(65)53(48-61)69-59(57)68-49-50(51(62)45-42-39-36-33-30-27-23-20-17-14-11-8-5-2)60-58(67)52(63)46-43-40-37-34-31-28-24-21-18-15-12-9-6-3/h19,22,42,45,50-53,55-57,59,61-63,65-66H,4-18,20-21,23-41,43-44,46-49H2,1-3H3,(H,60,67)/b22-19-,45-42+. The third-order valence-corrected chi connectivity index (χ3v) is 14.1. The lowest BCUT2D eigenvalue weighted by Gasteiger charge is -2.41. The van der Waals surface area contributed by atoms with Crippen molar-refractivity contribution in [2.24, 2.45) is 0 Å². The molecule has 6 N–H and O–H groups in total. The molecule has 1 heterocycles. The summed E-state index contributed by atoms with van der Waals surface area (Å²) in [5.74, 6) is -1.19. The third-order valence-electron chi connectivity index (χ3n) is 14.1. The molecule has 0 aliphatic carbocycles. The smallest absolute Gasteiger partial charge is 0.306 e. The first kappa shape index (κ1) is 66.2. The van der Waals surface area contributed by atoms with Crippen molar-refractivity contribution in [1.29, 1.82) is 0 Å². The number of carbonyl (C=O) groups excluding carboxylic acids is 2. The van der Waals surface area contributed by atoms with Crippen molar-refractivity contribution in [1.82, 2.24) is 5.32 Å². The maximum Gasteiger partial charge on any atom is 0.306 e. The Morgan fingerprint density at radius 1 is 0.543 bits per heavy atom. The highest BCUT2D eigenvalue weighted by Crippen LogP contribution is 2.26. The lowest BCUT2D eigenvalue weighted by atomic mass is 9.99. The molecule has 0 radical (unpaired) electrons. The van der Waals surface area contributed by atoms with Crippen LogP contribution in [0.4, 0.5) is 0 Å². The number of aliphatic hydroxyl groups excluding tert-OH is 5. The zero-order valence-corrected chi connectivity index (χ0v) is 45.4. The molecule has 1 saturated heterocycles. The van der Waals surface area contributed by atoms with Crippen LogP contribution in [0.1, 0.15) is 278 Å². The van der Waals surface area contributed by atoms with E-state index in [4.69, 9.17) is 14.2 Å². The Balaban J connectivity index is 2.72. The highest BCUT2D eigenvalue weighted by atomic mass is 16.7. The van der Waals surface area contributed by atoms with Crippen molar-refractivity contribution in [2.45, 2.75) is 327 Å². The molecule has 0 aromatic carbocycles. The quantitative estimate of drug-likeness (QED) is 0.0195. The molecule has 1 rings (SSSR count). The van der Waals surface area contributed by atoms with E-state index >= 15 is 0 Å². The van der Waals surface area contributed by atoms with Crippen LogP contribution in [0.5, 0.6) is 0 Å². The summed E-state index contributed by atoms with van der Waals surface area (Å²) in [7, 11) is 0. The molecule has 8 unspecified atom stereocenters. The fourth-order valence-corrected chi connectivity index (χ4v) is 9.35. The van der Waals surface area contributed by atoms with E-state index in [1.54, 1.807) is 6.08 Å². The number of unbranched alkanes of at least 4 members (excludes halogenated alkanes) is 34. The number of esters is 1. The maximum atomic E-state index is 13.4. The summed E-state index contributed by atoms with van der Waals surface area (Å²) in [6.45, 7) is 5.78. The van der Waals surface area contributed by atoms with Gasteiger partial charge in [0.1, 0.15) is 24.4 Å². The largest absolute Gasteiger partial charge is 0.454 e. The average molecular weight is 995 g/mol. The predicted octanol–water partition coefficient (Wildman–Crippen LogP) is 13.3. The van der Waals surface area contributed by atoms with E-state index in [9.17, 15) is 35.1 Å². The van der Waals surface area contributed by atoms with Crippen LogP contribution in [-0.4, -0.2) is 99.6 Å². The third kappa shape index (κ3) is 36.1. The molecule has 0 aromatic rings. The van der Waals surface area contributed by atoms with Crippen LogP contribution in [0.25, 0.3) is 0 Å². The lowest BCUT2D eigenvalue weighted by molar-refractivity contribution is -0.305. The molecule has 412 valence electrons. The molecular formula is C59H111NO10. The SMILES string of the molecule is CCCCCC/C=C\CCCCCCCCCC(=O)OC1C(OCC(NC(=O)C(O)CCCCCCCCCCCCCCC)C(O)/C=C/CCCCCCCCCCCCC)OC(CO)C(O)C1O. The Morgan fingerprint density at radius 2 is 0.943 bits per heavy atom. The number of rotatable bonds is 50. The Hall–Kier alpha value is -1.86. The van der Waals surface area contributed by atoms with Gasteiger partial charge in [0.2, 0.25) is 5.91 Å². The molecule has 0 aromatic heterocycles. The Morgan fingerprint density at radius 3 is 1.40 bits per heavy atom. The number of aliphatic hydroxyl groups is 5. The number of hydrogen-bond donors (Lipinski definition) is 6. The summed E-state index contributed by atoms with van der Waals surface area (Å²) >= 11 is 0. The fraction of sp³-hybridized carbons (Fsp3) is 0.898. The number of allylic oxidation sites excluding steroid dienone is 3. The van der Waals surface area contributed by atoms with Crippen molar-refractivity contribution in [2.75, 3.05) is 13.2 Å². The van der Waals surface area contributed by atoms with E-state index in [0.717, 1.165) is 70.6 Å². The number of nitrogens with one attached hydrogen (secondary N) is 1. The van der Waals surface area contributed by atoms with Gasteiger partial charge in [-0.25, -0.2) is 0 Å². The number of carbonyl (C=O) groups is 2.